The van der Waals surface area contributed by atoms with E-state index in [4.69, 9.17) is 4.74 Å². The fourth-order valence-corrected chi connectivity index (χ4v) is 1.30. The Hall–Kier alpha value is -0.820. The van der Waals surface area contributed by atoms with Gasteiger partial charge in [0, 0.05) is 12.5 Å². The van der Waals surface area contributed by atoms with E-state index in [-0.39, 0.29) is 5.41 Å². The van der Waals surface area contributed by atoms with Gasteiger partial charge >= 0.3 is 0 Å². The van der Waals surface area contributed by atoms with Crippen molar-refractivity contribution in [3.05, 3.63) is 36.0 Å². The van der Waals surface area contributed by atoms with E-state index in [9.17, 15) is 0 Å². The summed E-state index contributed by atoms with van der Waals surface area (Å²) in [6, 6.07) is 0. The van der Waals surface area contributed by atoms with Crippen molar-refractivity contribution in [2.45, 2.75) is 13.8 Å². The number of rotatable bonds is 2. The van der Waals surface area contributed by atoms with Gasteiger partial charge < -0.3 is 4.74 Å². The summed E-state index contributed by atoms with van der Waals surface area (Å²) in [6.07, 6.45) is 6.43. The maximum Gasteiger partial charge on any atom is 0.0715 e. The molecule has 66 valence electrons. The van der Waals surface area contributed by atoms with Crippen LogP contribution in [-0.4, -0.2) is 13.7 Å². The fourth-order valence-electron chi connectivity index (χ4n) is 1.30. The van der Waals surface area contributed by atoms with Crippen molar-refractivity contribution in [3.8, 4) is 0 Å². The van der Waals surface area contributed by atoms with E-state index in [0.29, 0.717) is 6.61 Å². The zero-order valence-electron chi connectivity index (χ0n) is 8.05. The lowest BCUT2D eigenvalue weighted by atomic mass is 9.84. The molecule has 0 saturated heterocycles. The fraction of sp³-hybridized carbons (Fsp3) is 0.455. The smallest absolute Gasteiger partial charge is 0.0715 e. The molecule has 0 aromatic carbocycles. The highest BCUT2D eigenvalue weighted by molar-refractivity contribution is 5.44. The van der Waals surface area contributed by atoms with Crippen molar-refractivity contribution in [1.82, 2.24) is 0 Å². The Labute approximate surface area is 74.4 Å². The first-order chi connectivity index (χ1) is 5.55. The first-order valence-electron chi connectivity index (χ1n) is 4.14. The van der Waals surface area contributed by atoms with Gasteiger partial charge in [-0.05, 0) is 11.1 Å². The van der Waals surface area contributed by atoms with Gasteiger partial charge in [-0.25, -0.2) is 0 Å². The summed E-state index contributed by atoms with van der Waals surface area (Å²) in [7, 11) is 1.71. The van der Waals surface area contributed by atoms with E-state index in [0.717, 1.165) is 5.57 Å². The molecule has 0 aromatic heterocycles. The van der Waals surface area contributed by atoms with Gasteiger partial charge in [-0.15, -0.1) is 0 Å². The SMILES string of the molecule is C=C1C=CC(C)(C)C=C1COC. The lowest BCUT2D eigenvalue weighted by Crippen LogP contribution is -2.11. The van der Waals surface area contributed by atoms with Crippen LogP contribution in [0, 0.1) is 5.41 Å². The van der Waals surface area contributed by atoms with E-state index < -0.39 is 0 Å². The van der Waals surface area contributed by atoms with E-state index in [1.807, 2.05) is 0 Å². The summed E-state index contributed by atoms with van der Waals surface area (Å²) in [4.78, 5) is 0. The molecule has 0 atom stereocenters. The molecule has 0 aliphatic heterocycles. The average molecular weight is 164 g/mol. The lowest BCUT2D eigenvalue weighted by molar-refractivity contribution is 0.226. The second-order valence-corrected chi connectivity index (χ2v) is 3.78. The van der Waals surface area contributed by atoms with Gasteiger partial charge in [0.25, 0.3) is 0 Å². The van der Waals surface area contributed by atoms with Crippen LogP contribution in [0.4, 0.5) is 0 Å². The molecule has 1 rings (SSSR count). The van der Waals surface area contributed by atoms with Crippen molar-refractivity contribution in [3.63, 3.8) is 0 Å². The van der Waals surface area contributed by atoms with Crippen LogP contribution in [0.2, 0.25) is 0 Å². The zero-order chi connectivity index (χ0) is 9.19. The van der Waals surface area contributed by atoms with E-state index in [2.05, 4.69) is 38.7 Å². The number of hydrogen-bond acceptors (Lipinski definition) is 1. The van der Waals surface area contributed by atoms with Crippen molar-refractivity contribution >= 4 is 0 Å². The minimum absolute atomic E-state index is 0.148. The van der Waals surface area contributed by atoms with Gasteiger partial charge in [0.2, 0.25) is 0 Å². The van der Waals surface area contributed by atoms with Gasteiger partial charge in [0.1, 0.15) is 0 Å². The highest BCUT2D eigenvalue weighted by atomic mass is 16.5. The molecule has 12 heavy (non-hydrogen) atoms. The van der Waals surface area contributed by atoms with E-state index in [1.165, 1.54) is 5.57 Å². The van der Waals surface area contributed by atoms with Crippen LogP contribution in [0.25, 0.3) is 0 Å². The molecular formula is C11H16O. The second kappa shape index (κ2) is 3.28. The molecule has 0 amide bonds. The van der Waals surface area contributed by atoms with Crippen molar-refractivity contribution in [1.29, 1.82) is 0 Å². The first kappa shape index (κ1) is 9.27. The molecule has 0 heterocycles. The third-order valence-electron chi connectivity index (χ3n) is 1.97. The summed E-state index contributed by atoms with van der Waals surface area (Å²) >= 11 is 0. The minimum Gasteiger partial charge on any atom is -0.380 e. The Kier molecular flexibility index (Phi) is 2.53. The normalized spacial score (nSPS) is 20.9. The third-order valence-corrected chi connectivity index (χ3v) is 1.97. The molecule has 0 bridgehead atoms. The van der Waals surface area contributed by atoms with E-state index >= 15 is 0 Å². The van der Waals surface area contributed by atoms with Gasteiger partial charge in [-0.3, -0.25) is 0 Å². The largest absolute Gasteiger partial charge is 0.380 e. The molecule has 0 N–H and O–H groups in total. The van der Waals surface area contributed by atoms with Gasteiger partial charge in [0.15, 0.2) is 0 Å². The second-order valence-electron chi connectivity index (χ2n) is 3.78. The minimum atomic E-state index is 0.148. The maximum absolute atomic E-state index is 5.08. The first-order valence-corrected chi connectivity index (χ1v) is 4.14. The molecule has 1 nitrogen and oxygen atoms in total. The van der Waals surface area contributed by atoms with Crippen LogP contribution in [0.3, 0.4) is 0 Å². The van der Waals surface area contributed by atoms with Crippen molar-refractivity contribution in [2.75, 3.05) is 13.7 Å². The predicted molar refractivity (Wildman–Crippen MR) is 52.0 cm³/mol. The van der Waals surface area contributed by atoms with Crippen LogP contribution in [0.5, 0.6) is 0 Å². The van der Waals surface area contributed by atoms with Gasteiger partial charge in [-0.2, -0.15) is 0 Å². The van der Waals surface area contributed by atoms with Crippen molar-refractivity contribution < 1.29 is 4.74 Å². The van der Waals surface area contributed by atoms with E-state index in [1.54, 1.807) is 7.11 Å². The number of methoxy groups -OCH3 is 1. The third kappa shape index (κ3) is 2.08. The van der Waals surface area contributed by atoms with Crippen LogP contribution in [-0.2, 0) is 4.74 Å². The summed E-state index contributed by atoms with van der Waals surface area (Å²) in [6.45, 7) is 8.95. The average Bonchev–Trinajstić information content (AvgIpc) is 1.97. The Morgan fingerprint density at radius 1 is 1.50 bits per heavy atom. The summed E-state index contributed by atoms with van der Waals surface area (Å²) in [5.41, 5.74) is 2.41. The molecule has 1 aliphatic carbocycles. The van der Waals surface area contributed by atoms with Crippen LogP contribution < -0.4 is 0 Å². The maximum atomic E-state index is 5.08. The summed E-state index contributed by atoms with van der Waals surface area (Å²) in [5.74, 6) is 0. The highest BCUT2D eigenvalue weighted by Gasteiger charge is 2.16. The highest BCUT2D eigenvalue weighted by Crippen LogP contribution is 2.29. The van der Waals surface area contributed by atoms with Gasteiger partial charge in [-0.1, -0.05) is 38.7 Å². The Balaban J connectivity index is 2.83. The molecule has 0 saturated carbocycles. The summed E-state index contributed by atoms with van der Waals surface area (Å²) in [5, 5.41) is 0. The molecule has 1 aliphatic rings. The zero-order valence-corrected chi connectivity index (χ0v) is 8.05. The summed E-state index contributed by atoms with van der Waals surface area (Å²) < 4.78 is 5.08. The molecule has 0 aromatic rings. The molecule has 0 fully saturated rings. The van der Waals surface area contributed by atoms with Crippen LogP contribution in [0.15, 0.2) is 36.0 Å². The monoisotopic (exact) mass is 164 g/mol. The van der Waals surface area contributed by atoms with Crippen LogP contribution >= 0.6 is 0 Å². The quantitative estimate of drug-likeness (QED) is 0.609. The molecule has 0 radical (unpaired) electrons. The van der Waals surface area contributed by atoms with Crippen molar-refractivity contribution in [2.24, 2.45) is 5.41 Å². The Bertz CT molecular complexity index is 244. The number of allylic oxidation sites excluding steroid dienone is 3. The number of hydrogen-bond donors (Lipinski definition) is 0. The standard InChI is InChI=1S/C11H16O/c1-9-5-6-11(2,3)7-10(9)8-12-4/h5-7H,1,8H2,2-4H3. The molecule has 1 heteroatoms. The van der Waals surface area contributed by atoms with Gasteiger partial charge in [0.05, 0.1) is 6.61 Å². The Morgan fingerprint density at radius 3 is 2.75 bits per heavy atom. The van der Waals surface area contributed by atoms with Crippen LogP contribution in [0.1, 0.15) is 13.8 Å². The molecule has 0 unspecified atom stereocenters. The predicted octanol–water partition coefficient (Wildman–Crippen LogP) is 2.71. The molecule has 0 spiro atoms. The number of ether oxygens (including phenoxy) is 1. The lowest BCUT2D eigenvalue weighted by Gasteiger charge is -2.22. The topological polar surface area (TPSA) is 9.23 Å². The molecular weight excluding hydrogens is 148 g/mol. The Morgan fingerprint density at radius 2 is 2.17 bits per heavy atom.